The molecule has 0 unspecified atom stereocenters. The first-order chi connectivity index (χ1) is 6.09. The van der Waals surface area contributed by atoms with Gasteiger partial charge >= 0.3 is 0 Å². The van der Waals surface area contributed by atoms with Crippen molar-refractivity contribution in [2.24, 2.45) is 5.73 Å². The second kappa shape index (κ2) is 4.28. The van der Waals surface area contributed by atoms with Gasteiger partial charge in [-0.1, -0.05) is 22.0 Å². The summed E-state index contributed by atoms with van der Waals surface area (Å²) in [7, 11) is 0. The molecule has 0 aliphatic rings. The lowest BCUT2D eigenvalue weighted by Gasteiger charge is -2.06. The van der Waals surface area contributed by atoms with Crippen LogP contribution in [0.25, 0.3) is 0 Å². The lowest BCUT2D eigenvalue weighted by Crippen LogP contribution is -2.20. The number of primary amides is 1. The standard InChI is InChI=1S/C9H10BrNO2/c1-6-2-3-7(10)4-8(6)13-5-9(11)12/h2-4H,5H2,1H3,(H2,11,12). The zero-order chi connectivity index (χ0) is 9.84. The molecular weight excluding hydrogens is 234 g/mol. The molecule has 4 heteroatoms. The molecule has 0 heterocycles. The van der Waals surface area contributed by atoms with Crippen LogP contribution in [0.15, 0.2) is 22.7 Å². The second-order valence-electron chi connectivity index (χ2n) is 2.66. The van der Waals surface area contributed by atoms with E-state index in [1.807, 2.05) is 19.1 Å². The molecule has 0 fully saturated rings. The van der Waals surface area contributed by atoms with Gasteiger partial charge in [-0.3, -0.25) is 4.79 Å². The van der Waals surface area contributed by atoms with E-state index in [2.05, 4.69) is 15.9 Å². The van der Waals surface area contributed by atoms with E-state index >= 15 is 0 Å². The van der Waals surface area contributed by atoms with E-state index in [-0.39, 0.29) is 6.61 Å². The van der Waals surface area contributed by atoms with Crippen molar-refractivity contribution in [2.75, 3.05) is 6.61 Å². The number of nitrogens with two attached hydrogens (primary N) is 1. The van der Waals surface area contributed by atoms with Gasteiger partial charge in [-0.05, 0) is 24.6 Å². The smallest absolute Gasteiger partial charge is 0.255 e. The third-order valence-electron chi connectivity index (χ3n) is 1.52. The van der Waals surface area contributed by atoms with E-state index in [9.17, 15) is 4.79 Å². The summed E-state index contributed by atoms with van der Waals surface area (Å²) in [5.41, 5.74) is 5.93. The minimum absolute atomic E-state index is 0.0860. The molecule has 0 atom stereocenters. The van der Waals surface area contributed by atoms with Gasteiger partial charge in [0.15, 0.2) is 6.61 Å². The Morgan fingerprint density at radius 3 is 2.92 bits per heavy atom. The van der Waals surface area contributed by atoms with Crippen LogP contribution in [0.1, 0.15) is 5.56 Å². The molecule has 3 nitrogen and oxygen atoms in total. The Kier molecular flexibility index (Phi) is 3.31. The number of hydrogen-bond donors (Lipinski definition) is 1. The Hall–Kier alpha value is -1.03. The summed E-state index contributed by atoms with van der Waals surface area (Å²) in [6, 6.07) is 5.62. The molecule has 0 bridgehead atoms. The van der Waals surface area contributed by atoms with Crippen LogP contribution in [0.3, 0.4) is 0 Å². The molecule has 0 aromatic heterocycles. The first kappa shape index (κ1) is 10.1. The van der Waals surface area contributed by atoms with Crippen LogP contribution in [0.2, 0.25) is 0 Å². The normalized spacial score (nSPS) is 9.69. The van der Waals surface area contributed by atoms with Crippen molar-refractivity contribution in [1.29, 1.82) is 0 Å². The van der Waals surface area contributed by atoms with Crippen LogP contribution < -0.4 is 10.5 Å². The highest BCUT2D eigenvalue weighted by Crippen LogP contribution is 2.22. The number of carbonyl (C=O) groups is 1. The van der Waals surface area contributed by atoms with Gasteiger partial charge in [-0.15, -0.1) is 0 Å². The van der Waals surface area contributed by atoms with E-state index in [1.54, 1.807) is 6.07 Å². The Labute approximate surface area is 85.0 Å². The number of halogens is 1. The van der Waals surface area contributed by atoms with E-state index in [4.69, 9.17) is 10.5 Å². The van der Waals surface area contributed by atoms with Crippen LogP contribution in [-0.2, 0) is 4.79 Å². The third kappa shape index (κ3) is 3.06. The molecule has 1 aromatic carbocycles. The first-order valence-electron chi connectivity index (χ1n) is 3.77. The largest absolute Gasteiger partial charge is 0.483 e. The van der Waals surface area contributed by atoms with Gasteiger partial charge in [-0.2, -0.15) is 0 Å². The molecule has 0 saturated carbocycles. The van der Waals surface area contributed by atoms with Gasteiger partial charge in [0.05, 0.1) is 0 Å². The number of hydrogen-bond acceptors (Lipinski definition) is 2. The average Bonchev–Trinajstić information content (AvgIpc) is 2.06. The number of aryl methyl sites for hydroxylation is 1. The maximum absolute atomic E-state index is 10.5. The van der Waals surface area contributed by atoms with Gasteiger partial charge in [0.1, 0.15) is 5.75 Å². The zero-order valence-corrected chi connectivity index (χ0v) is 8.80. The van der Waals surface area contributed by atoms with E-state index < -0.39 is 5.91 Å². The third-order valence-corrected chi connectivity index (χ3v) is 2.01. The Morgan fingerprint density at radius 1 is 1.62 bits per heavy atom. The summed E-state index contributed by atoms with van der Waals surface area (Å²) in [4.78, 5) is 10.5. The molecule has 2 N–H and O–H groups in total. The summed E-state index contributed by atoms with van der Waals surface area (Å²) in [5, 5.41) is 0. The predicted octanol–water partition coefficient (Wildman–Crippen LogP) is 1.62. The van der Waals surface area contributed by atoms with Gasteiger partial charge in [0.25, 0.3) is 5.91 Å². The molecule has 0 spiro atoms. The Balaban J connectivity index is 2.75. The SMILES string of the molecule is Cc1ccc(Br)cc1OCC(N)=O. The highest BCUT2D eigenvalue weighted by molar-refractivity contribution is 9.10. The average molecular weight is 244 g/mol. The topological polar surface area (TPSA) is 52.3 Å². The quantitative estimate of drug-likeness (QED) is 0.878. The second-order valence-corrected chi connectivity index (χ2v) is 3.58. The van der Waals surface area contributed by atoms with Gasteiger partial charge in [0, 0.05) is 4.47 Å². The number of ether oxygens (including phenoxy) is 1. The molecule has 0 saturated heterocycles. The van der Waals surface area contributed by atoms with Crippen LogP contribution in [0.4, 0.5) is 0 Å². The zero-order valence-electron chi connectivity index (χ0n) is 7.21. The van der Waals surface area contributed by atoms with Gasteiger partial charge in [-0.25, -0.2) is 0 Å². The minimum atomic E-state index is -0.473. The summed E-state index contributed by atoms with van der Waals surface area (Å²) >= 11 is 3.31. The van der Waals surface area contributed by atoms with Crippen molar-refractivity contribution in [3.05, 3.63) is 28.2 Å². The molecule has 70 valence electrons. The van der Waals surface area contributed by atoms with Gasteiger partial charge < -0.3 is 10.5 Å². The summed E-state index contributed by atoms with van der Waals surface area (Å²) in [6.45, 7) is 1.82. The maximum atomic E-state index is 10.5. The van der Waals surface area contributed by atoms with Crippen molar-refractivity contribution in [3.63, 3.8) is 0 Å². The Morgan fingerprint density at radius 2 is 2.31 bits per heavy atom. The number of amides is 1. The molecule has 0 aliphatic heterocycles. The van der Waals surface area contributed by atoms with E-state index in [1.165, 1.54) is 0 Å². The number of carbonyl (C=O) groups excluding carboxylic acids is 1. The highest BCUT2D eigenvalue weighted by atomic mass is 79.9. The monoisotopic (exact) mass is 243 g/mol. The summed E-state index contributed by atoms with van der Waals surface area (Å²) < 4.78 is 6.09. The van der Waals surface area contributed by atoms with Crippen LogP contribution in [0, 0.1) is 6.92 Å². The predicted molar refractivity (Wildman–Crippen MR) is 53.6 cm³/mol. The lowest BCUT2D eigenvalue weighted by atomic mass is 10.2. The molecule has 1 rings (SSSR count). The van der Waals surface area contributed by atoms with Crippen molar-refractivity contribution < 1.29 is 9.53 Å². The van der Waals surface area contributed by atoms with E-state index in [0.29, 0.717) is 5.75 Å². The molecule has 0 aliphatic carbocycles. The summed E-state index contributed by atoms with van der Waals surface area (Å²) in [5.74, 6) is 0.201. The fourth-order valence-electron chi connectivity index (χ4n) is 0.878. The van der Waals surface area contributed by atoms with Crippen LogP contribution in [-0.4, -0.2) is 12.5 Å². The molecular formula is C9H10BrNO2. The van der Waals surface area contributed by atoms with Crippen LogP contribution in [0.5, 0.6) is 5.75 Å². The lowest BCUT2D eigenvalue weighted by molar-refractivity contribution is -0.119. The molecule has 0 radical (unpaired) electrons. The van der Waals surface area contributed by atoms with Crippen molar-refractivity contribution in [2.45, 2.75) is 6.92 Å². The van der Waals surface area contributed by atoms with Crippen LogP contribution >= 0.6 is 15.9 Å². The molecule has 13 heavy (non-hydrogen) atoms. The Bertz CT molecular complexity index is 325. The van der Waals surface area contributed by atoms with Crippen molar-refractivity contribution >= 4 is 21.8 Å². The minimum Gasteiger partial charge on any atom is -0.483 e. The van der Waals surface area contributed by atoms with Crippen molar-refractivity contribution in [3.8, 4) is 5.75 Å². The van der Waals surface area contributed by atoms with Crippen molar-refractivity contribution in [1.82, 2.24) is 0 Å². The first-order valence-corrected chi connectivity index (χ1v) is 4.56. The van der Waals surface area contributed by atoms with E-state index in [0.717, 1.165) is 10.0 Å². The summed E-state index contributed by atoms with van der Waals surface area (Å²) in [6.07, 6.45) is 0. The highest BCUT2D eigenvalue weighted by Gasteiger charge is 2.01. The fourth-order valence-corrected chi connectivity index (χ4v) is 1.22. The molecule has 1 aromatic rings. The molecule has 1 amide bonds. The maximum Gasteiger partial charge on any atom is 0.255 e. The van der Waals surface area contributed by atoms with Gasteiger partial charge in [0.2, 0.25) is 0 Å². The fraction of sp³-hybridized carbons (Fsp3) is 0.222. The number of benzene rings is 1. The number of rotatable bonds is 3.